The first-order chi connectivity index (χ1) is 5.24. The van der Waals surface area contributed by atoms with Crippen LogP contribution in [0.4, 0.5) is 0 Å². The van der Waals surface area contributed by atoms with E-state index in [1.807, 2.05) is 0 Å². The van der Waals surface area contributed by atoms with Crippen molar-refractivity contribution in [3.8, 4) is 0 Å². The average Bonchev–Trinajstić information content (AvgIpc) is 2.03. The van der Waals surface area contributed by atoms with Crippen LogP contribution < -0.4 is 3.71 Å². The van der Waals surface area contributed by atoms with Crippen LogP contribution in [0.3, 0.4) is 0 Å². The minimum atomic E-state index is -0.309. The summed E-state index contributed by atoms with van der Waals surface area (Å²) in [5, 5.41) is 0. The fraction of sp³-hybridized carbons (Fsp3) is 0.143. The van der Waals surface area contributed by atoms with E-state index in [0.29, 0.717) is 5.56 Å². The third-order valence-corrected chi connectivity index (χ3v) is 1.96. The molecule has 1 aromatic rings. The molecule has 0 amide bonds. The predicted molar refractivity (Wildman–Crippen MR) is 41.0 cm³/mol. The molecule has 1 rings (SSSR count). The van der Waals surface area contributed by atoms with E-state index in [2.05, 4.69) is 9.72 Å². The maximum absolute atomic E-state index is 10.9. The summed E-state index contributed by atoms with van der Waals surface area (Å²) in [6.07, 6.45) is 1.61. The van der Waals surface area contributed by atoms with Crippen LogP contribution in [-0.4, -0.2) is 40.6 Å². The molecule has 0 aliphatic carbocycles. The van der Waals surface area contributed by atoms with Crippen molar-refractivity contribution >= 4 is 32.2 Å². The first kappa shape index (κ1) is 8.51. The molecule has 0 aromatic carbocycles. The molecule has 0 aliphatic rings. The summed E-state index contributed by atoms with van der Waals surface area (Å²) in [7, 11) is 1.37. The van der Waals surface area contributed by atoms with Gasteiger partial charge in [0.05, 0.1) is 0 Å². The average molecular weight is 255 g/mol. The Bertz CT molecular complexity index is 275. The second-order valence-electron chi connectivity index (χ2n) is 1.92. The Balaban J connectivity index is 2.96. The second kappa shape index (κ2) is 3.71. The number of pyridine rings is 1. The van der Waals surface area contributed by atoms with E-state index in [1.54, 1.807) is 18.3 Å². The molecule has 1 aromatic heterocycles. The van der Waals surface area contributed by atoms with Crippen molar-refractivity contribution in [2.24, 2.45) is 0 Å². The van der Waals surface area contributed by atoms with Crippen LogP contribution in [0.2, 0.25) is 0 Å². The van der Waals surface area contributed by atoms with Gasteiger partial charge in [0.2, 0.25) is 0 Å². The maximum atomic E-state index is 10.9. The van der Waals surface area contributed by atoms with E-state index in [0.717, 1.165) is 3.71 Å². The fourth-order valence-corrected chi connectivity index (χ4v) is 1.33. The van der Waals surface area contributed by atoms with Gasteiger partial charge in [-0.05, 0) is 0 Å². The summed E-state index contributed by atoms with van der Waals surface area (Å²) < 4.78 is 5.44. The van der Waals surface area contributed by atoms with Crippen LogP contribution in [-0.2, 0) is 4.74 Å². The molecule has 0 aliphatic heterocycles. The van der Waals surface area contributed by atoms with Gasteiger partial charge in [0.25, 0.3) is 0 Å². The molecule has 0 N–H and O–H groups in total. The fourth-order valence-electron chi connectivity index (χ4n) is 0.675. The van der Waals surface area contributed by atoms with Crippen molar-refractivity contribution in [2.75, 3.05) is 7.11 Å². The Kier molecular flexibility index (Phi) is 2.87. The Labute approximate surface area is 77.9 Å². The van der Waals surface area contributed by atoms with Gasteiger partial charge in [0.1, 0.15) is 0 Å². The Morgan fingerprint density at radius 2 is 2.45 bits per heavy atom. The second-order valence-corrected chi connectivity index (χ2v) is 3.38. The predicted octanol–water partition coefficient (Wildman–Crippen LogP) is -0.338. The molecule has 3 radical (unpaired) electrons. The zero-order chi connectivity index (χ0) is 8.27. The van der Waals surface area contributed by atoms with E-state index in [1.165, 1.54) is 29.6 Å². The number of hydrogen-bond acceptors (Lipinski definition) is 3. The minimum absolute atomic E-state index is 0.309. The van der Waals surface area contributed by atoms with Gasteiger partial charge in [-0.15, -0.1) is 0 Å². The number of esters is 1. The van der Waals surface area contributed by atoms with E-state index in [4.69, 9.17) is 0 Å². The molecule has 0 fully saturated rings. The third kappa shape index (κ3) is 2.18. The number of nitrogens with zero attached hydrogens (tertiary/aromatic N) is 1. The van der Waals surface area contributed by atoms with Gasteiger partial charge in [-0.25, -0.2) is 0 Å². The molecule has 0 spiro atoms. The number of hydrogen-bond donors (Lipinski definition) is 0. The Morgan fingerprint density at radius 1 is 1.73 bits per heavy atom. The van der Waals surface area contributed by atoms with Gasteiger partial charge in [-0.2, -0.15) is 0 Å². The summed E-state index contributed by atoms with van der Waals surface area (Å²) in [6.45, 7) is 0. The van der Waals surface area contributed by atoms with E-state index in [-0.39, 0.29) is 5.97 Å². The molecule has 0 unspecified atom stereocenters. The van der Waals surface area contributed by atoms with Gasteiger partial charge in [-0.1, -0.05) is 0 Å². The monoisotopic (exact) mass is 256 g/mol. The van der Waals surface area contributed by atoms with Gasteiger partial charge in [0, 0.05) is 0 Å². The van der Waals surface area contributed by atoms with Crippen molar-refractivity contribution in [2.45, 2.75) is 0 Å². The molecule has 55 valence electrons. The number of methoxy groups -OCH3 is 1. The summed E-state index contributed by atoms with van der Waals surface area (Å²) in [4.78, 5) is 14.9. The van der Waals surface area contributed by atoms with Crippen molar-refractivity contribution in [3.63, 3.8) is 0 Å². The molecule has 0 saturated heterocycles. The van der Waals surface area contributed by atoms with Gasteiger partial charge < -0.3 is 0 Å². The molecule has 11 heavy (non-hydrogen) atoms. The molecule has 4 heteroatoms. The Hall–Kier alpha value is -0.581. The molecule has 0 atom stereocenters. The summed E-state index contributed by atoms with van der Waals surface area (Å²) >= 11 is 1.19. The van der Waals surface area contributed by atoms with Crippen LogP contribution in [0, 0.1) is 0 Å². The third-order valence-electron chi connectivity index (χ3n) is 1.18. The van der Waals surface area contributed by atoms with Gasteiger partial charge in [-0.3, -0.25) is 0 Å². The summed E-state index contributed by atoms with van der Waals surface area (Å²) in [5.41, 5.74) is 0.564. The zero-order valence-corrected chi connectivity index (χ0v) is 8.85. The number of rotatable bonds is 1. The first-order valence-electron chi connectivity index (χ1n) is 3.00. The van der Waals surface area contributed by atoms with Crippen LogP contribution in [0.25, 0.3) is 0 Å². The quantitative estimate of drug-likeness (QED) is 0.509. The SMILES string of the molecule is COC(=O)c1ccn[c]([Sn])c1. The Morgan fingerprint density at radius 3 is 3.00 bits per heavy atom. The van der Waals surface area contributed by atoms with E-state index in [9.17, 15) is 4.79 Å². The molecule has 0 bridgehead atoms. The number of aromatic nitrogens is 1. The van der Waals surface area contributed by atoms with Crippen LogP contribution >= 0.6 is 0 Å². The van der Waals surface area contributed by atoms with Crippen molar-refractivity contribution < 1.29 is 9.53 Å². The normalized spacial score (nSPS) is 9.27. The first-order valence-corrected chi connectivity index (χ1v) is 4.42. The molecular formula is C7H6NO2Sn. The zero-order valence-electron chi connectivity index (χ0n) is 6.00. The van der Waals surface area contributed by atoms with Crippen molar-refractivity contribution in [3.05, 3.63) is 23.9 Å². The molecule has 0 saturated carbocycles. The number of carbonyl (C=O) groups excluding carboxylic acids is 1. The van der Waals surface area contributed by atoms with Crippen molar-refractivity contribution in [1.82, 2.24) is 4.98 Å². The topological polar surface area (TPSA) is 39.2 Å². The number of carbonyl (C=O) groups is 1. The summed E-state index contributed by atoms with van der Waals surface area (Å²) in [5.74, 6) is -0.309. The van der Waals surface area contributed by atoms with E-state index >= 15 is 0 Å². The van der Waals surface area contributed by atoms with Gasteiger partial charge in [0.15, 0.2) is 0 Å². The van der Waals surface area contributed by atoms with Crippen LogP contribution in [0.1, 0.15) is 10.4 Å². The van der Waals surface area contributed by atoms with Crippen LogP contribution in [0.15, 0.2) is 18.3 Å². The van der Waals surface area contributed by atoms with Gasteiger partial charge >= 0.3 is 77.7 Å². The van der Waals surface area contributed by atoms with Crippen molar-refractivity contribution in [1.29, 1.82) is 0 Å². The van der Waals surface area contributed by atoms with E-state index < -0.39 is 0 Å². The molecular weight excluding hydrogens is 249 g/mol. The standard InChI is InChI=1S/C7H6NO2.Sn/c1-10-7(9)6-2-4-8-5-3-6;/h2-4H,1H3;. The van der Waals surface area contributed by atoms with Crippen LogP contribution in [0.5, 0.6) is 0 Å². The molecule has 1 heterocycles. The molecule has 3 nitrogen and oxygen atoms in total. The number of ether oxygens (including phenoxy) is 1. The summed E-state index contributed by atoms with van der Waals surface area (Å²) in [6, 6.07) is 3.36.